The van der Waals surface area contributed by atoms with Gasteiger partial charge in [-0.15, -0.1) is 11.8 Å². The minimum atomic E-state index is 0.0474. The van der Waals surface area contributed by atoms with E-state index in [4.69, 9.17) is 16.3 Å². The Morgan fingerprint density at radius 2 is 1.95 bits per heavy atom. The quantitative estimate of drug-likeness (QED) is 0.688. The lowest BCUT2D eigenvalue weighted by Crippen LogP contribution is -2.05. The molecule has 0 aliphatic carbocycles. The van der Waals surface area contributed by atoms with E-state index in [9.17, 15) is 0 Å². The summed E-state index contributed by atoms with van der Waals surface area (Å²) in [6.45, 7) is 0. The van der Waals surface area contributed by atoms with E-state index >= 15 is 0 Å². The van der Waals surface area contributed by atoms with Gasteiger partial charge in [-0.05, 0) is 48.2 Å². The van der Waals surface area contributed by atoms with Gasteiger partial charge >= 0.3 is 6.01 Å². The molecule has 2 heterocycles. The summed E-state index contributed by atoms with van der Waals surface area (Å²) in [6, 6.07) is 9.49. The smallest absolute Gasteiger partial charge is 0.328 e. The van der Waals surface area contributed by atoms with Crippen LogP contribution in [0.5, 0.6) is 11.8 Å². The third-order valence-electron chi connectivity index (χ3n) is 2.55. The van der Waals surface area contributed by atoms with E-state index in [0.717, 1.165) is 4.90 Å². The first-order valence-corrected chi connectivity index (χ1v) is 7.58. The van der Waals surface area contributed by atoms with Crippen LogP contribution in [0.25, 0.3) is 5.95 Å². The van der Waals surface area contributed by atoms with Crippen LogP contribution in [0.2, 0.25) is 5.28 Å². The molecular weight excluding hydrogens is 310 g/mol. The van der Waals surface area contributed by atoms with Gasteiger partial charge in [-0.1, -0.05) is 0 Å². The molecule has 0 aliphatic rings. The maximum atomic E-state index is 5.89. The molecule has 0 fully saturated rings. The molecular formula is C13H10ClN5OS. The van der Waals surface area contributed by atoms with Crippen LogP contribution in [0, 0.1) is 0 Å². The molecule has 2 aromatic heterocycles. The number of hydrogen-bond donors (Lipinski definition) is 0. The SMILES string of the molecule is CSc1ccc(Oc2nc(Cl)nc(-n3cccn3)n2)cc1. The van der Waals surface area contributed by atoms with Gasteiger partial charge in [0.2, 0.25) is 5.28 Å². The lowest BCUT2D eigenvalue weighted by atomic mass is 10.3. The summed E-state index contributed by atoms with van der Waals surface area (Å²) in [6.07, 6.45) is 5.35. The standard InChI is InChI=1S/C13H10ClN5OS/c1-21-10-5-3-9(4-6-10)20-13-17-11(14)16-12(18-13)19-8-2-7-15-19/h2-8H,1H3. The lowest BCUT2D eigenvalue weighted by Gasteiger charge is -2.06. The molecule has 0 N–H and O–H groups in total. The van der Waals surface area contributed by atoms with Crippen LogP contribution in [-0.4, -0.2) is 31.0 Å². The second-order valence-corrected chi connectivity index (χ2v) is 5.13. The predicted octanol–water partition coefficient (Wildman–Crippen LogP) is 3.22. The number of halogens is 1. The van der Waals surface area contributed by atoms with Crippen LogP contribution in [0.3, 0.4) is 0 Å². The molecule has 21 heavy (non-hydrogen) atoms. The van der Waals surface area contributed by atoms with E-state index in [1.807, 2.05) is 30.5 Å². The van der Waals surface area contributed by atoms with E-state index in [1.54, 1.807) is 30.2 Å². The van der Waals surface area contributed by atoms with Crippen LogP contribution in [0.4, 0.5) is 0 Å². The summed E-state index contributed by atoms with van der Waals surface area (Å²) >= 11 is 7.55. The molecule has 6 nitrogen and oxygen atoms in total. The highest BCUT2D eigenvalue weighted by atomic mass is 35.5. The summed E-state index contributed by atoms with van der Waals surface area (Å²) in [5.74, 6) is 0.928. The molecule has 0 spiro atoms. The summed E-state index contributed by atoms with van der Waals surface area (Å²) in [5.41, 5.74) is 0. The Balaban J connectivity index is 1.88. The van der Waals surface area contributed by atoms with Gasteiger partial charge in [0.15, 0.2) is 0 Å². The zero-order chi connectivity index (χ0) is 14.7. The second-order valence-electron chi connectivity index (χ2n) is 3.92. The van der Waals surface area contributed by atoms with Crippen LogP contribution < -0.4 is 4.74 Å². The van der Waals surface area contributed by atoms with E-state index in [0.29, 0.717) is 11.7 Å². The van der Waals surface area contributed by atoms with Crippen LogP contribution in [0.1, 0.15) is 0 Å². The van der Waals surface area contributed by atoms with Gasteiger partial charge in [0.05, 0.1) is 0 Å². The highest BCUT2D eigenvalue weighted by Crippen LogP contribution is 2.23. The molecule has 0 amide bonds. The molecule has 0 radical (unpaired) electrons. The fourth-order valence-electron chi connectivity index (χ4n) is 1.61. The number of nitrogens with zero attached hydrogens (tertiary/aromatic N) is 5. The first-order valence-electron chi connectivity index (χ1n) is 5.98. The molecule has 3 aromatic rings. The number of rotatable bonds is 4. The minimum Gasteiger partial charge on any atom is -0.424 e. The Morgan fingerprint density at radius 1 is 1.14 bits per heavy atom. The van der Waals surface area contributed by atoms with Gasteiger partial charge in [0.25, 0.3) is 5.95 Å². The van der Waals surface area contributed by atoms with E-state index < -0.39 is 0 Å². The van der Waals surface area contributed by atoms with Gasteiger partial charge in [-0.3, -0.25) is 0 Å². The van der Waals surface area contributed by atoms with Gasteiger partial charge in [0.1, 0.15) is 5.75 Å². The minimum absolute atomic E-state index is 0.0474. The summed E-state index contributed by atoms with van der Waals surface area (Å²) < 4.78 is 7.08. The highest BCUT2D eigenvalue weighted by molar-refractivity contribution is 7.98. The summed E-state index contributed by atoms with van der Waals surface area (Å²) in [5, 5.41) is 4.09. The van der Waals surface area contributed by atoms with E-state index in [-0.39, 0.29) is 11.3 Å². The van der Waals surface area contributed by atoms with Gasteiger partial charge < -0.3 is 4.74 Å². The zero-order valence-electron chi connectivity index (χ0n) is 11.0. The van der Waals surface area contributed by atoms with Crippen molar-refractivity contribution in [3.8, 4) is 17.7 Å². The molecule has 0 bridgehead atoms. The number of benzene rings is 1. The fourth-order valence-corrected chi connectivity index (χ4v) is 2.16. The molecule has 3 rings (SSSR count). The van der Waals surface area contributed by atoms with Crippen molar-refractivity contribution < 1.29 is 4.74 Å². The molecule has 0 atom stereocenters. The van der Waals surface area contributed by atoms with Gasteiger partial charge in [0, 0.05) is 17.3 Å². The number of ether oxygens (including phenoxy) is 1. The topological polar surface area (TPSA) is 65.7 Å². The Morgan fingerprint density at radius 3 is 2.62 bits per heavy atom. The molecule has 8 heteroatoms. The summed E-state index contributed by atoms with van der Waals surface area (Å²) in [4.78, 5) is 13.3. The van der Waals surface area contributed by atoms with Crippen LogP contribution >= 0.6 is 23.4 Å². The van der Waals surface area contributed by atoms with E-state index in [1.165, 1.54) is 4.68 Å². The molecule has 1 aromatic carbocycles. The van der Waals surface area contributed by atoms with Crippen molar-refractivity contribution in [3.63, 3.8) is 0 Å². The van der Waals surface area contributed by atoms with Crippen molar-refractivity contribution in [2.45, 2.75) is 4.90 Å². The Bertz CT molecular complexity index is 733. The van der Waals surface area contributed by atoms with Crippen LogP contribution in [-0.2, 0) is 0 Å². The number of hydrogen-bond acceptors (Lipinski definition) is 6. The van der Waals surface area contributed by atoms with Crippen molar-refractivity contribution in [3.05, 3.63) is 48.0 Å². The predicted molar refractivity (Wildman–Crippen MR) is 80.3 cm³/mol. The third kappa shape index (κ3) is 3.32. The average Bonchev–Trinajstić information content (AvgIpc) is 3.02. The molecule has 106 valence electrons. The van der Waals surface area contributed by atoms with Crippen LogP contribution in [0.15, 0.2) is 47.6 Å². The Kier molecular flexibility index (Phi) is 4.03. The fraction of sp³-hybridized carbons (Fsp3) is 0.0769. The summed E-state index contributed by atoms with van der Waals surface area (Å²) in [7, 11) is 0. The monoisotopic (exact) mass is 319 g/mol. The number of thioether (sulfide) groups is 1. The van der Waals surface area contributed by atoms with Crippen molar-refractivity contribution in [1.29, 1.82) is 0 Å². The first-order chi connectivity index (χ1) is 10.2. The van der Waals surface area contributed by atoms with Crippen molar-refractivity contribution in [2.75, 3.05) is 6.26 Å². The molecule has 0 unspecified atom stereocenters. The average molecular weight is 320 g/mol. The van der Waals surface area contributed by atoms with E-state index in [2.05, 4.69) is 20.1 Å². The second kappa shape index (κ2) is 6.11. The van der Waals surface area contributed by atoms with Crippen molar-refractivity contribution >= 4 is 23.4 Å². The third-order valence-corrected chi connectivity index (χ3v) is 3.47. The maximum absolute atomic E-state index is 5.89. The molecule has 0 saturated heterocycles. The number of aromatic nitrogens is 5. The van der Waals surface area contributed by atoms with Gasteiger partial charge in [-0.25, -0.2) is 4.68 Å². The normalized spacial score (nSPS) is 10.6. The zero-order valence-corrected chi connectivity index (χ0v) is 12.5. The largest absolute Gasteiger partial charge is 0.424 e. The Labute approximate surface area is 130 Å². The van der Waals surface area contributed by atoms with Crippen molar-refractivity contribution in [1.82, 2.24) is 24.7 Å². The lowest BCUT2D eigenvalue weighted by molar-refractivity contribution is 0.437. The van der Waals surface area contributed by atoms with Crippen molar-refractivity contribution in [2.24, 2.45) is 0 Å². The molecule has 0 aliphatic heterocycles. The Hall–Kier alpha value is -2.12. The maximum Gasteiger partial charge on any atom is 0.328 e. The highest BCUT2D eigenvalue weighted by Gasteiger charge is 2.09. The first kappa shape index (κ1) is 13.8. The molecule has 0 saturated carbocycles. The van der Waals surface area contributed by atoms with Gasteiger partial charge in [-0.2, -0.15) is 20.1 Å².